The molecule has 1 N–H and O–H groups in total. The van der Waals surface area contributed by atoms with Gasteiger partial charge in [0.25, 0.3) is 5.91 Å². The van der Waals surface area contributed by atoms with Crippen LogP contribution in [0.15, 0.2) is 48.7 Å². The Balaban J connectivity index is 1.88. The van der Waals surface area contributed by atoms with Crippen molar-refractivity contribution in [2.45, 2.75) is 6.18 Å². The third kappa shape index (κ3) is 4.77. The highest BCUT2D eigenvalue weighted by molar-refractivity contribution is 6.10. The van der Waals surface area contributed by atoms with E-state index in [1.165, 1.54) is 52.7 Å². The molecule has 4 rings (SSSR count). The number of anilines is 1. The first-order valence-corrected chi connectivity index (χ1v) is 10.9. The van der Waals surface area contributed by atoms with Crippen LogP contribution < -0.4 is 19.5 Å². The second-order valence-corrected chi connectivity index (χ2v) is 7.72. The molecule has 0 unspecified atom stereocenters. The van der Waals surface area contributed by atoms with Crippen molar-refractivity contribution in [2.24, 2.45) is 0 Å². The Morgan fingerprint density at radius 3 is 2.16 bits per heavy atom. The molecular formula is C25H21F3N4O6. The van der Waals surface area contributed by atoms with Gasteiger partial charge in [0.1, 0.15) is 5.56 Å². The maximum atomic E-state index is 14.1. The lowest BCUT2D eigenvalue weighted by atomic mass is 10.1. The van der Waals surface area contributed by atoms with Gasteiger partial charge in [-0.15, -0.1) is 0 Å². The van der Waals surface area contributed by atoms with Crippen LogP contribution in [0.25, 0.3) is 16.9 Å². The monoisotopic (exact) mass is 530 g/mol. The van der Waals surface area contributed by atoms with Crippen LogP contribution in [0.2, 0.25) is 0 Å². The highest BCUT2D eigenvalue weighted by Gasteiger charge is 2.36. The normalized spacial score (nSPS) is 11.2. The summed E-state index contributed by atoms with van der Waals surface area (Å²) in [5, 5.41) is 6.28. The minimum absolute atomic E-state index is 0.0573. The maximum absolute atomic E-state index is 14.1. The van der Waals surface area contributed by atoms with E-state index in [9.17, 15) is 22.8 Å². The van der Waals surface area contributed by atoms with E-state index in [-0.39, 0.29) is 51.0 Å². The van der Waals surface area contributed by atoms with Crippen molar-refractivity contribution < 1.29 is 41.7 Å². The van der Waals surface area contributed by atoms with Crippen molar-refractivity contribution in [2.75, 3.05) is 33.8 Å². The van der Waals surface area contributed by atoms with Crippen molar-refractivity contribution in [3.05, 3.63) is 65.5 Å². The zero-order valence-corrected chi connectivity index (χ0v) is 20.5. The molecule has 0 bridgehead atoms. The fourth-order valence-corrected chi connectivity index (χ4v) is 3.77. The van der Waals surface area contributed by atoms with Crippen LogP contribution in [0.5, 0.6) is 17.2 Å². The molecule has 0 radical (unpaired) electrons. The quantitative estimate of drug-likeness (QED) is 0.348. The first-order chi connectivity index (χ1) is 18.1. The molecular weight excluding hydrogens is 509 g/mol. The molecule has 0 aliphatic carbocycles. The van der Waals surface area contributed by atoms with Gasteiger partial charge in [-0.05, 0) is 30.3 Å². The van der Waals surface area contributed by atoms with E-state index < -0.39 is 23.7 Å². The molecule has 1 amide bonds. The minimum Gasteiger partial charge on any atom is -0.493 e. The Hall–Kier alpha value is -4.81. The number of nitrogens with zero attached hydrogens (tertiary/aromatic N) is 3. The van der Waals surface area contributed by atoms with Crippen molar-refractivity contribution in [1.29, 1.82) is 0 Å². The number of hydrogen-bond acceptors (Lipinski definition) is 8. The molecule has 0 aliphatic rings. The number of amides is 1. The van der Waals surface area contributed by atoms with Gasteiger partial charge in [0.15, 0.2) is 22.8 Å². The molecule has 0 saturated carbocycles. The fourth-order valence-electron chi connectivity index (χ4n) is 3.77. The van der Waals surface area contributed by atoms with Gasteiger partial charge >= 0.3 is 12.1 Å². The lowest BCUT2D eigenvalue weighted by molar-refractivity contribution is -0.142. The standard InChI is InChI=1S/C25H21F3N4O6/c1-35-18-9-13(10-19(36-2)21(18)37-3)17-11-20(25(26,27)28)32-22(30-17)15(12-29-32)23(33)31-16-8-6-5-7-14(16)24(34)38-4/h5-12H,1-4H3,(H,31,33). The highest BCUT2D eigenvalue weighted by atomic mass is 19.4. The van der Waals surface area contributed by atoms with Gasteiger partial charge in [-0.1, -0.05) is 12.1 Å². The van der Waals surface area contributed by atoms with Crippen molar-refractivity contribution in [3.8, 4) is 28.5 Å². The smallest absolute Gasteiger partial charge is 0.433 e. The van der Waals surface area contributed by atoms with E-state index in [0.717, 1.165) is 12.3 Å². The van der Waals surface area contributed by atoms with E-state index in [2.05, 4.69) is 15.4 Å². The number of carbonyl (C=O) groups excluding carboxylic acids is 2. The first-order valence-electron chi connectivity index (χ1n) is 10.9. The van der Waals surface area contributed by atoms with Crippen molar-refractivity contribution in [1.82, 2.24) is 14.6 Å². The predicted octanol–water partition coefficient (Wildman–Crippen LogP) is 4.48. The summed E-state index contributed by atoms with van der Waals surface area (Å²) in [6.45, 7) is 0. The fraction of sp³-hybridized carbons (Fsp3) is 0.200. The van der Waals surface area contributed by atoms with Crippen LogP contribution in [-0.4, -0.2) is 54.9 Å². The molecule has 0 spiro atoms. The molecule has 2 heterocycles. The number of hydrogen-bond donors (Lipinski definition) is 1. The van der Waals surface area contributed by atoms with E-state index in [4.69, 9.17) is 18.9 Å². The molecule has 38 heavy (non-hydrogen) atoms. The molecule has 0 atom stereocenters. The average Bonchev–Trinajstić information content (AvgIpc) is 3.35. The Morgan fingerprint density at radius 2 is 1.58 bits per heavy atom. The van der Waals surface area contributed by atoms with E-state index >= 15 is 0 Å². The number of methoxy groups -OCH3 is 4. The summed E-state index contributed by atoms with van der Waals surface area (Å²) < 4.78 is 63.3. The Labute approximate surface area is 213 Å². The number of carbonyl (C=O) groups is 2. The minimum atomic E-state index is -4.84. The van der Waals surface area contributed by atoms with Gasteiger partial charge in [-0.2, -0.15) is 18.3 Å². The SMILES string of the molecule is COC(=O)c1ccccc1NC(=O)c1cnn2c(C(F)(F)F)cc(-c3cc(OC)c(OC)c(OC)c3)nc12. The van der Waals surface area contributed by atoms with Gasteiger partial charge in [-0.25, -0.2) is 14.3 Å². The van der Waals surface area contributed by atoms with Crippen LogP contribution in [-0.2, 0) is 10.9 Å². The van der Waals surface area contributed by atoms with Crippen LogP contribution in [0.1, 0.15) is 26.4 Å². The number of fused-ring (bicyclic) bond motifs is 1. The maximum Gasteiger partial charge on any atom is 0.433 e. The van der Waals surface area contributed by atoms with E-state index in [1.54, 1.807) is 12.1 Å². The molecule has 198 valence electrons. The predicted molar refractivity (Wildman–Crippen MR) is 129 cm³/mol. The van der Waals surface area contributed by atoms with Crippen LogP contribution in [0, 0.1) is 0 Å². The lowest BCUT2D eigenvalue weighted by Crippen LogP contribution is -2.17. The van der Waals surface area contributed by atoms with Gasteiger partial charge in [0, 0.05) is 5.56 Å². The largest absolute Gasteiger partial charge is 0.493 e. The Kier molecular flexibility index (Phi) is 7.10. The Bertz CT molecular complexity index is 1510. The van der Waals surface area contributed by atoms with E-state index in [0.29, 0.717) is 4.52 Å². The van der Waals surface area contributed by atoms with Gasteiger partial charge < -0.3 is 24.3 Å². The van der Waals surface area contributed by atoms with Crippen LogP contribution in [0.4, 0.5) is 18.9 Å². The number of nitrogens with one attached hydrogen (secondary N) is 1. The van der Waals surface area contributed by atoms with Gasteiger partial charge in [0.05, 0.1) is 51.6 Å². The molecule has 13 heteroatoms. The van der Waals surface area contributed by atoms with Crippen molar-refractivity contribution >= 4 is 23.2 Å². The van der Waals surface area contributed by atoms with Gasteiger partial charge in [-0.3, -0.25) is 4.79 Å². The zero-order chi connectivity index (χ0) is 27.6. The molecule has 0 aliphatic heterocycles. The summed E-state index contributed by atoms with van der Waals surface area (Å²) in [7, 11) is 5.30. The summed E-state index contributed by atoms with van der Waals surface area (Å²) in [6, 6.07) is 9.69. The number of aromatic nitrogens is 3. The molecule has 4 aromatic rings. The summed E-state index contributed by atoms with van der Waals surface area (Å²) >= 11 is 0. The number of para-hydroxylation sites is 1. The second kappa shape index (κ2) is 10.3. The summed E-state index contributed by atoms with van der Waals surface area (Å²) in [4.78, 5) is 29.5. The second-order valence-electron chi connectivity index (χ2n) is 7.72. The number of ether oxygens (including phenoxy) is 4. The summed E-state index contributed by atoms with van der Waals surface area (Å²) in [6.07, 6.45) is -3.87. The van der Waals surface area contributed by atoms with Crippen LogP contribution in [0.3, 0.4) is 0 Å². The highest BCUT2D eigenvalue weighted by Crippen LogP contribution is 2.42. The lowest BCUT2D eigenvalue weighted by Gasteiger charge is -2.15. The molecule has 2 aromatic carbocycles. The van der Waals surface area contributed by atoms with E-state index in [1.807, 2.05) is 0 Å². The Morgan fingerprint density at radius 1 is 0.921 bits per heavy atom. The third-order valence-electron chi connectivity index (χ3n) is 5.55. The number of alkyl halides is 3. The molecule has 2 aromatic heterocycles. The molecule has 10 nitrogen and oxygen atoms in total. The number of halogens is 3. The number of rotatable bonds is 7. The average molecular weight is 530 g/mol. The zero-order valence-electron chi connectivity index (χ0n) is 20.5. The summed E-state index contributed by atoms with van der Waals surface area (Å²) in [5.74, 6) is -0.905. The topological polar surface area (TPSA) is 113 Å². The van der Waals surface area contributed by atoms with Crippen molar-refractivity contribution in [3.63, 3.8) is 0 Å². The first kappa shape index (κ1) is 26.3. The number of benzene rings is 2. The third-order valence-corrected chi connectivity index (χ3v) is 5.55. The van der Waals surface area contributed by atoms with Gasteiger partial charge in [0.2, 0.25) is 5.75 Å². The van der Waals surface area contributed by atoms with Crippen LogP contribution >= 0.6 is 0 Å². The summed E-state index contributed by atoms with van der Waals surface area (Å²) in [5.41, 5.74) is -1.56. The number of esters is 1. The molecule has 0 saturated heterocycles. The molecule has 0 fully saturated rings.